The van der Waals surface area contributed by atoms with Gasteiger partial charge in [-0.3, -0.25) is 4.90 Å². The van der Waals surface area contributed by atoms with Crippen LogP contribution in [0.2, 0.25) is 5.02 Å². The Morgan fingerprint density at radius 3 is 2.45 bits per heavy atom. The van der Waals surface area contributed by atoms with Gasteiger partial charge >= 0.3 is 0 Å². The van der Waals surface area contributed by atoms with E-state index in [1.807, 2.05) is 53.2 Å². The molecule has 0 aliphatic heterocycles. The smallest absolute Gasteiger partial charge is 0.169 e. The quantitative estimate of drug-likeness (QED) is 0.354. The third-order valence-corrected chi connectivity index (χ3v) is 5.66. The molecule has 6 nitrogen and oxygen atoms in total. The zero-order valence-corrected chi connectivity index (χ0v) is 18.5. The number of nitrogens with zero attached hydrogens (tertiary/aromatic N) is 5. The molecule has 0 amide bonds. The van der Waals surface area contributed by atoms with E-state index in [0.29, 0.717) is 19.6 Å². The molecule has 0 N–H and O–H groups in total. The third kappa shape index (κ3) is 5.21. The van der Waals surface area contributed by atoms with Crippen LogP contribution in [-0.4, -0.2) is 25.1 Å². The van der Waals surface area contributed by atoms with Crippen molar-refractivity contribution < 1.29 is 4.42 Å². The van der Waals surface area contributed by atoms with Crippen LogP contribution >= 0.6 is 11.6 Å². The first-order valence-electron chi connectivity index (χ1n) is 10.4. The van der Waals surface area contributed by atoms with Gasteiger partial charge in [0.25, 0.3) is 0 Å². The molecule has 4 aromatic rings. The third-order valence-electron chi connectivity index (χ3n) is 5.29. The molecule has 0 bridgehead atoms. The molecule has 2 aromatic carbocycles. The van der Waals surface area contributed by atoms with E-state index < -0.39 is 0 Å². The predicted octanol–water partition coefficient (Wildman–Crippen LogP) is 5.37. The van der Waals surface area contributed by atoms with Crippen molar-refractivity contribution in [2.24, 2.45) is 5.92 Å². The number of tetrazole rings is 1. The fourth-order valence-corrected chi connectivity index (χ4v) is 4.07. The highest BCUT2D eigenvalue weighted by Gasteiger charge is 2.30. The molecule has 160 valence electrons. The first-order chi connectivity index (χ1) is 15.1. The Labute approximate surface area is 187 Å². The number of benzene rings is 2. The van der Waals surface area contributed by atoms with Crippen molar-refractivity contribution in [1.29, 1.82) is 0 Å². The molecule has 0 saturated carbocycles. The van der Waals surface area contributed by atoms with Gasteiger partial charge in [0, 0.05) is 11.6 Å². The fourth-order valence-electron chi connectivity index (χ4n) is 3.88. The van der Waals surface area contributed by atoms with Gasteiger partial charge < -0.3 is 4.42 Å². The summed E-state index contributed by atoms with van der Waals surface area (Å²) in [5, 5.41) is 13.5. The van der Waals surface area contributed by atoms with Crippen LogP contribution in [0.1, 0.15) is 42.6 Å². The predicted molar refractivity (Wildman–Crippen MR) is 120 cm³/mol. The number of rotatable bonds is 9. The van der Waals surface area contributed by atoms with Crippen LogP contribution in [0.5, 0.6) is 0 Å². The van der Waals surface area contributed by atoms with Gasteiger partial charge in [-0.25, -0.2) is 4.68 Å². The van der Waals surface area contributed by atoms with Crippen molar-refractivity contribution in [2.45, 2.75) is 39.5 Å². The lowest BCUT2D eigenvalue weighted by atomic mass is 10.00. The minimum atomic E-state index is -0.0277. The molecule has 7 heteroatoms. The molecule has 0 radical (unpaired) electrons. The van der Waals surface area contributed by atoms with Crippen molar-refractivity contribution in [3.05, 3.63) is 101 Å². The molecule has 4 rings (SSSR count). The standard InChI is InChI=1S/C24H26ClN5O/c1-18(2)23(24-26-27-28-30(24)15-19-9-4-3-5-10-19)29(17-21-12-8-14-31-21)16-20-11-6-7-13-22(20)25/h3-14,18,23H,15-17H2,1-2H3/t23-/m1/s1. The second-order valence-corrected chi connectivity index (χ2v) is 8.35. The molecule has 0 spiro atoms. The molecule has 1 atom stereocenters. The number of halogens is 1. The summed E-state index contributed by atoms with van der Waals surface area (Å²) in [6.45, 7) is 6.27. The van der Waals surface area contributed by atoms with Crippen LogP contribution in [-0.2, 0) is 19.6 Å². The minimum absolute atomic E-state index is 0.0277. The summed E-state index contributed by atoms with van der Waals surface area (Å²) in [4.78, 5) is 2.33. The topological polar surface area (TPSA) is 60.0 Å². The van der Waals surface area contributed by atoms with Gasteiger partial charge in [0.15, 0.2) is 5.82 Å². The maximum atomic E-state index is 6.50. The van der Waals surface area contributed by atoms with Gasteiger partial charge in [0.1, 0.15) is 5.76 Å². The minimum Gasteiger partial charge on any atom is -0.468 e. The van der Waals surface area contributed by atoms with E-state index in [2.05, 4.69) is 52.5 Å². The van der Waals surface area contributed by atoms with E-state index in [4.69, 9.17) is 16.0 Å². The van der Waals surface area contributed by atoms with Crippen LogP contribution in [0.15, 0.2) is 77.4 Å². The maximum absolute atomic E-state index is 6.50. The van der Waals surface area contributed by atoms with Crippen molar-refractivity contribution in [3.63, 3.8) is 0 Å². The molecule has 0 saturated heterocycles. The number of aromatic nitrogens is 4. The monoisotopic (exact) mass is 435 g/mol. The average Bonchev–Trinajstić information content (AvgIpc) is 3.43. The highest BCUT2D eigenvalue weighted by Crippen LogP contribution is 2.31. The fraction of sp³-hybridized carbons (Fsp3) is 0.292. The molecule has 0 aliphatic carbocycles. The van der Waals surface area contributed by atoms with Crippen molar-refractivity contribution >= 4 is 11.6 Å². The van der Waals surface area contributed by atoms with Crippen LogP contribution < -0.4 is 0 Å². The van der Waals surface area contributed by atoms with Gasteiger partial charge in [-0.15, -0.1) is 5.10 Å². The first kappa shape index (κ1) is 21.3. The van der Waals surface area contributed by atoms with E-state index in [1.165, 1.54) is 0 Å². The highest BCUT2D eigenvalue weighted by molar-refractivity contribution is 6.31. The van der Waals surface area contributed by atoms with Crippen molar-refractivity contribution in [3.8, 4) is 0 Å². The molecule has 0 unspecified atom stereocenters. The Bertz CT molecular complexity index is 1080. The van der Waals surface area contributed by atoms with Crippen LogP contribution in [0.3, 0.4) is 0 Å². The Morgan fingerprint density at radius 1 is 0.968 bits per heavy atom. The van der Waals surface area contributed by atoms with Crippen LogP contribution in [0.4, 0.5) is 0 Å². The van der Waals surface area contributed by atoms with Gasteiger partial charge in [-0.1, -0.05) is 74.0 Å². The summed E-state index contributed by atoms with van der Waals surface area (Å²) < 4.78 is 7.56. The largest absolute Gasteiger partial charge is 0.468 e. The van der Waals surface area contributed by atoms with Crippen molar-refractivity contribution in [1.82, 2.24) is 25.1 Å². The lowest BCUT2D eigenvalue weighted by Crippen LogP contribution is -2.33. The van der Waals surface area contributed by atoms with Gasteiger partial charge in [0.05, 0.1) is 25.4 Å². The highest BCUT2D eigenvalue weighted by atomic mass is 35.5. The Morgan fingerprint density at radius 2 is 1.74 bits per heavy atom. The van der Waals surface area contributed by atoms with Gasteiger partial charge in [0.2, 0.25) is 0 Å². The van der Waals surface area contributed by atoms with E-state index in [0.717, 1.165) is 27.7 Å². The Kier molecular flexibility index (Phi) is 6.79. The van der Waals surface area contributed by atoms with Gasteiger partial charge in [-0.2, -0.15) is 0 Å². The van der Waals surface area contributed by atoms with E-state index in [-0.39, 0.29) is 12.0 Å². The van der Waals surface area contributed by atoms with Gasteiger partial charge in [-0.05, 0) is 45.7 Å². The lowest BCUT2D eigenvalue weighted by Gasteiger charge is -2.33. The van der Waals surface area contributed by atoms with Crippen LogP contribution in [0.25, 0.3) is 0 Å². The zero-order chi connectivity index (χ0) is 21.6. The molecule has 0 fully saturated rings. The summed E-state index contributed by atoms with van der Waals surface area (Å²) in [5.41, 5.74) is 2.21. The Hall–Kier alpha value is -2.96. The molecular formula is C24H26ClN5O. The second kappa shape index (κ2) is 9.90. The summed E-state index contributed by atoms with van der Waals surface area (Å²) in [7, 11) is 0. The Balaban J connectivity index is 1.69. The lowest BCUT2D eigenvalue weighted by molar-refractivity contribution is 0.117. The van der Waals surface area contributed by atoms with E-state index in [1.54, 1.807) is 6.26 Å². The molecule has 2 aromatic heterocycles. The maximum Gasteiger partial charge on any atom is 0.169 e. The second-order valence-electron chi connectivity index (χ2n) is 7.94. The summed E-state index contributed by atoms with van der Waals surface area (Å²) in [5.74, 6) is 1.98. The molecule has 31 heavy (non-hydrogen) atoms. The number of furan rings is 1. The SMILES string of the molecule is CC(C)[C@H](c1nnnn1Cc1ccccc1)N(Cc1ccco1)Cc1ccccc1Cl. The normalized spacial score (nSPS) is 12.5. The first-order valence-corrected chi connectivity index (χ1v) is 10.8. The summed E-state index contributed by atoms with van der Waals surface area (Å²) in [6, 6.07) is 22.0. The van der Waals surface area contributed by atoms with Crippen molar-refractivity contribution in [2.75, 3.05) is 0 Å². The summed E-state index contributed by atoms with van der Waals surface area (Å²) >= 11 is 6.50. The molecule has 0 aliphatic rings. The zero-order valence-electron chi connectivity index (χ0n) is 17.7. The molecule has 2 heterocycles. The molecular weight excluding hydrogens is 410 g/mol. The van der Waals surface area contributed by atoms with E-state index >= 15 is 0 Å². The average molecular weight is 436 g/mol. The number of hydrogen-bond acceptors (Lipinski definition) is 5. The number of hydrogen-bond donors (Lipinski definition) is 0. The van der Waals surface area contributed by atoms with Crippen LogP contribution in [0, 0.1) is 5.92 Å². The van der Waals surface area contributed by atoms with E-state index in [9.17, 15) is 0 Å². The summed E-state index contributed by atoms with van der Waals surface area (Å²) in [6.07, 6.45) is 1.70.